The Morgan fingerprint density at radius 1 is 1.18 bits per heavy atom. The summed E-state index contributed by atoms with van der Waals surface area (Å²) in [6.07, 6.45) is 0.654. The van der Waals surface area contributed by atoms with E-state index in [0.717, 1.165) is 4.68 Å². The van der Waals surface area contributed by atoms with Gasteiger partial charge in [0, 0.05) is 0 Å². The summed E-state index contributed by atoms with van der Waals surface area (Å²) < 4.78 is 11.8. The minimum atomic E-state index is -0.781. The molecule has 0 amide bonds. The van der Waals surface area contributed by atoms with Crippen LogP contribution in [-0.2, 0) is 0 Å². The Kier molecular flexibility index (Phi) is 5.53. The molecule has 0 aliphatic heterocycles. The second-order valence-electron chi connectivity index (χ2n) is 5.66. The van der Waals surface area contributed by atoms with Crippen LogP contribution in [0.3, 0.4) is 0 Å². The van der Waals surface area contributed by atoms with Crippen LogP contribution in [-0.4, -0.2) is 28.2 Å². The van der Waals surface area contributed by atoms with E-state index in [1.54, 1.807) is 25.1 Å². The van der Waals surface area contributed by atoms with Crippen LogP contribution in [0.4, 0.5) is 0 Å². The van der Waals surface area contributed by atoms with E-state index in [0.29, 0.717) is 40.3 Å². The molecule has 0 atom stereocenters. The average molecular weight is 422 g/mol. The van der Waals surface area contributed by atoms with E-state index in [2.05, 4.69) is 10.1 Å². The fraction of sp³-hybridized carbons (Fsp3) is 0.111. The second-order valence-corrected chi connectivity index (χ2v) is 6.42. The number of nitrogens with one attached hydrogen (secondary N) is 1. The van der Waals surface area contributed by atoms with E-state index in [1.165, 1.54) is 19.2 Å². The highest BCUT2D eigenvalue weighted by atomic mass is 35.5. The summed E-state index contributed by atoms with van der Waals surface area (Å²) in [7, 11) is 1.46. The molecule has 1 aromatic heterocycles. The number of aromatic nitrogens is 3. The number of methoxy groups -OCH3 is 1. The van der Waals surface area contributed by atoms with Gasteiger partial charge in [-0.3, -0.25) is 14.6 Å². The van der Waals surface area contributed by atoms with Gasteiger partial charge in [-0.25, -0.2) is 4.79 Å². The summed E-state index contributed by atoms with van der Waals surface area (Å²) in [5.74, 6) is 1.12. The molecule has 0 radical (unpaired) electrons. The highest BCUT2D eigenvalue weighted by Crippen LogP contribution is 2.35. The number of ether oxygens (including phenoxy) is 2. The maximum Gasteiger partial charge on any atom is 0.349 e. The Morgan fingerprint density at radius 2 is 1.93 bits per heavy atom. The number of rotatable bonds is 5. The summed E-state index contributed by atoms with van der Waals surface area (Å²) in [5.41, 5.74) is -0.340. The molecule has 0 bridgehead atoms. The lowest BCUT2D eigenvalue weighted by Crippen LogP contribution is -2.31. The first kappa shape index (κ1) is 19.7. The van der Waals surface area contributed by atoms with Gasteiger partial charge in [-0.1, -0.05) is 23.2 Å². The fourth-order valence-electron chi connectivity index (χ4n) is 2.51. The van der Waals surface area contributed by atoms with Gasteiger partial charge in [0.2, 0.25) is 5.15 Å². The molecule has 0 unspecified atom stereocenters. The summed E-state index contributed by atoms with van der Waals surface area (Å²) in [6.45, 7) is 1.72. The molecule has 1 heterocycles. The number of carbonyl (C=O) groups is 1. The molecule has 1 N–H and O–H groups in total. The van der Waals surface area contributed by atoms with Gasteiger partial charge in [-0.05, 0) is 42.8 Å². The van der Waals surface area contributed by atoms with Gasteiger partial charge in [0.05, 0.1) is 23.4 Å². The monoisotopic (exact) mass is 421 g/mol. The Morgan fingerprint density at radius 3 is 2.57 bits per heavy atom. The first-order chi connectivity index (χ1) is 13.3. The van der Waals surface area contributed by atoms with Crippen molar-refractivity contribution in [1.29, 1.82) is 0 Å². The zero-order valence-corrected chi connectivity index (χ0v) is 16.2. The van der Waals surface area contributed by atoms with E-state index in [9.17, 15) is 14.4 Å². The van der Waals surface area contributed by atoms with E-state index in [-0.39, 0.29) is 10.2 Å². The molecule has 0 saturated carbocycles. The van der Waals surface area contributed by atoms with E-state index in [1.807, 2.05) is 0 Å². The van der Waals surface area contributed by atoms with E-state index < -0.39 is 11.2 Å². The first-order valence-corrected chi connectivity index (χ1v) is 8.60. The third kappa shape index (κ3) is 3.78. The average Bonchev–Trinajstić information content (AvgIpc) is 2.67. The normalized spacial score (nSPS) is 10.6. The third-order valence-corrected chi connectivity index (χ3v) is 4.32. The van der Waals surface area contributed by atoms with Gasteiger partial charge in [0.25, 0.3) is 5.56 Å². The Balaban J connectivity index is 2.02. The van der Waals surface area contributed by atoms with Crippen molar-refractivity contribution in [3.8, 4) is 22.9 Å². The lowest BCUT2D eigenvalue weighted by molar-refractivity contribution is 0.112. The Bertz CT molecular complexity index is 1160. The largest absolute Gasteiger partial charge is 0.496 e. The molecule has 8 nitrogen and oxygen atoms in total. The topological polar surface area (TPSA) is 103 Å². The van der Waals surface area contributed by atoms with Crippen molar-refractivity contribution in [3.05, 3.63) is 72.5 Å². The third-order valence-electron chi connectivity index (χ3n) is 3.79. The summed E-state index contributed by atoms with van der Waals surface area (Å²) in [6, 6.07) is 7.78. The molecular formula is C18H13Cl2N3O5. The molecule has 0 fully saturated rings. The molecule has 3 aromatic rings. The smallest absolute Gasteiger partial charge is 0.349 e. The highest BCUT2D eigenvalue weighted by Gasteiger charge is 2.14. The lowest BCUT2D eigenvalue weighted by atomic mass is 10.2. The van der Waals surface area contributed by atoms with Gasteiger partial charge in [0.1, 0.15) is 17.2 Å². The van der Waals surface area contributed by atoms with Gasteiger partial charge in [-0.15, -0.1) is 5.10 Å². The summed E-state index contributed by atoms with van der Waals surface area (Å²) in [4.78, 5) is 36.6. The number of aryl methyl sites for hydroxylation is 1. The quantitative estimate of drug-likeness (QED) is 0.634. The minimum absolute atomic E-state index is 0.189. The fourth-order valence-corrected chi connectivity index (χ4v) is 2.93. The molecule has 0 aliphatic carbocycles. The molecular weight excluding hydrogens is 409 g/mol. The number of halogens is 2. The second kappa shape index (κ2) is 7.87. The van der Waals surface area contributed by atoms with Crippen LogP contribution in [0.15, 0.2) is 39.9 Å². The minimum Gasteiger partial charge on any atom is -0.496 e. The number of benzene rings is 2. The van der Waals surface area contributed by atoms with Crippen LogP contribution in [0.25, 0.3) is 5.69 Å². The standard InChI is InChI=1S/C18H13Cl2N3O5/c1-9-5-11(23-18(26)21-17(25)16(20)22-23)7-13(19)15(9)28-12-3-4-14(27-2)10(6-12)8-24/h3-8H,1-2H3,(H,21,25,26). The molecule has 3 rings (SSSR count). The molecule has 144 valence electrons. The van der Waals surface area contributed by atoms with Crippen LogP contribution in [0.2, 0.25) is 10.2 Å². The summed E-state index contributed by atoms with van der Waals surface area (Å²) in [5, 5.41) is 3.56. The lowest BCUT2D eigenvalue weighted by Gasteiger charge is -2.14. The summed E-state index contributed by atoms with van der Waals surface area (Å²) >= 11 is 12.0. The number of carbonyl (C=O) groups excluding carboxylic acids is 1. The SMILES string of the molecule is COc1ccc(Oc2c(C)cc(-n3nc(Cl)c(=O)[nH]c3=O)cc2Cl)cc1C=O. The van der Waals surface area contributed by atoms with Crippen molar-refractivity contribution in [2.24, 2.45) is 0 Å². The number of hydrogen-bond acceptors (Lipinski definition) is 6. The molecule has 0 spiro atoms. The van der Waals surface area contributed by atoms with Crippen LogP contribution < -0.4 is 20.7 Å². The van der Waals surface area contributed by atoms with Crippen molar-refractivity contribution in [3.63, 3.8) is 0 Å². The van der Waals surface area contributed by atoms with Crippen molar-refractivity contribution >= 4 is 29.5 Å². The predicted octanol–water partition coefficient (Wildman–Crippen LogP) is 3.15. The van der Waals surface area contributed by atoms with Gasteiger partial charge in [0.15, 0.2) is 6.29 Å². The van der Waals surface area contributed by atoms with Crippen LogP contribution in [0, 0.1) is 6.92 Å². The van der Waals surface area contributed by atoms with Crippen molar-refractivity contribution in [1.82, 2.24) is 14.8 Å². The molecule has 2 aromatic carbocycles. The molecule has 10 heteroatoms. The first-order valence-electron chi connectivity index (χ1n) is 7.84. The van der Waals surface area contributed by atoms with Gasteiger partial charge >= 0.3 is 5.69 Å². The molecule has 28 heavy (non-hydrogen) atoms. The molecule has 0 saturated heterocycles. The maximum atomic E-state index is 12.0. The Labute approximate surface area is 168 Å². The van der Waals surface area contributed by atoms with Crippen molar-refractivity contribution in [2.75, 3.05) is 7.11 Å². The number of nitrogens with zero attached hydrogens (tertiary/aromatic N) is 2. The van der Waals surface area contributed by atoms with Crippen molar-refractivity contribution < 1.29 is 14.3 Å². The number of aromatic amines is 1. The Hall–Kier alpha value is -3.10. The molecule has 0 aliphatic rings. The zero-order chi connectivity index (χ0) is 20.4. The van der Waals surface area contributed by atoms with Crippen LogP contribution >= 0.6 is 23.2 Å². The highest BCUT2D eigenvalue weighted by molar-refractivity contribution is 6.32. The predicted molar refractivity (Wildman–Crippen MR) is 104 cm³/mol. The maximum absolute atomic E-state index is 12.0. The van der Waals surface area contributed by atoms with Gasteiger partial charge in [-0.2, -0.15) is 4.68 Å². The van der Waals surface area contributed by atoms with E-state index >= 15 is 0 Å². The number of hydrogen-bond donors (Lipinski definition) is 1. The van der Waals surface area contributed by atoms with Crippen molar-refractivity contribution in [2.45, 2.75) is 6.92 Å². The number of H-pyrrole nitrogens is 1. The number of aldehydes is 1. The van der Waals surface area contributed by atoms with Gasteiger partial charge < -0.3 is 9.47 Å². The van der Waals surface area contributed by atoms with Crippen LogP contribution in [0.5, 0.6) is 17.2 Å². The van der Waals surface area contributed by atoms with E-state index in [4.69, 9.17) is 32.7 Å². The zero-order valence-electron chi connectivity index (χ0n) is 14.7. The van der Waals surface area contributed by atoms with Crippen LogP contribution in [0.1, 0.15) is 15.9 Å².